The zero-order chi connectivity index (χ0) is 13.5. The van der Waals surface area contributed by atoms with Crippen LogP contribution in [0, 0.1) is 12.8 Å². The van der Waals surface area contributed by atoms with E-state index in [4.69, 9.17) is 4.99 Å². The summed E-state index contributed by atoms with van der Waals surface area (Å²) in [6.07, 6.45) is 7.21. The first-order valence-corrected chi connectivity index (χ1v) is 8.05. The number of aryl methyl sites for hydroxylation is 2. The van der Waals surface area contributed by atoms with Crippen molar-refractivity contribution < 1.29 is 0 Å². The summed E-state index contributed by atoms with van der Waals surface area (Å²) >= 11 is 1.86. The molecule has 3 rings (SSSR count). The van der Waals surface area contributed by atoms with Crippen molar-refractivity contribution in [2.75, 3.05) is 11.1 Å². The Balaban J connectivity index is 1.74. The summed E-state index contributed by atoms with van der Waals surface area (Å²) in [7, 11) is 1.95. The van der Waals surface area contributed by atoms with Gasteiger partial charge in [0.25, 0.3) is 0 Å². The van der Waals surface area contributed by atoms with E-state index in [1.165, 1.54) is 25.7 Å². The molecule has 0 radical (unpaired) electrons. The summed E-state index contributed by atoms with van der Waals surface area (Å²) in [6.45, 7) is 4.39. The average Bonchev–Trinajstić information content (AvgIpc) is 2.84. The second-order valence-electron chi connectivity index (χ2n) is 6.06. The van der Waals surface area contributed by atoms with E-state index in [-0.39, 0.29) is 5.54 Å². The van der Waals surface area contributed by atoms with Crippen molar-refractivity contribution in [3.8, 4) is 0 Å². The van der Waals surface area contributed by atoms with Gasteiger partial charge in [-0.25, -0.2) is 0 Å². The fraction of sp³-hybridized carbons (Fsp3) is 0.714. The van der Waals surface area contributed by atoms with Gasteiger partial charge in [-0.1, -0.05) is 31.5 Å². The lowest BCUT2D eigenvalue weighted by molar-refractivity contribution is 0.266. The normalized spacial score (nSPS) is 30.7. The van der Waals surface area contributed by atoms with Crippen LogP contribution in [-0.2, 0) is 7.05 Å². The summed E-state index contributed by atoms with van der Waals surface area (Å²) in [6, 6.07) is 0. The van der Waals surface area contributed by atoms with Gasteiger partial charge in [-0.3, -0.25) is 9.67 Å². The van der Waals surface area contributed by atoms with Crippen LogP contribution in [0.3, 0.4) is 0 Å². The maximum absolute atomic E-state index is 5.01. The molecule has 1 spiro atoms. The fourth-order valence-corrected chi connectivity index (χ4v) is 4.42. The van der Waals surface area contributed by atoms with Gasteiger partial charge in [0.15, 0.2) is 5.17 Å². The highest BCUT2D eigenvalue weighted by Gasteiger charge is 2.39. The lowest BCUT2D eigenvalue weighted by Crippen LogP contribution is -2.33. The molecule has 1 aliphatic carbocycles. The topological polar surface area (TPSA) is 42.2 Å². The van der Waals surface area contributed by atoms with Crippen molar-refractivity contribution >= 4 is 22.6 Å². The molecule has 0 bridgehead atoms. The first-order chi connectivity index (χ1) is 9.06. The Morgan fingerprint density at radius 1 is 1.53 bits per heavy atom. The smallest absolute Gasteiger partial charge is 0.161 e. The van der Waals surface area contributed by atoms with E-state index >= 15 is 0 Å². The van der Waals surface area contributed by atoms with E-state index in [0.29, 0.717) is 0 Å². The van der Waals surface area contributed by atoms with Gasteiger partial charge in [-0.05, 0) is 25.7 Å². The number of nitrogens with one attached hydrogen (secondary N) is 1. The largest absolute Gasteiger partial charge is 0.332 e. The predicted molar refractivity (Wildman–Crippen MR) is 81.8 cm³/mol. The fourth-order valence-electron chi connectivity index (χ4n) is 3.25. The number of nitrogens with zero attached hydrogens (tertiary/aromatic N) is 3. The van der Waals surface area contributed by atoms with Gasteiger partial charge < -0.3 is 5.32 Å². The van der Waals surface area contributed by atoms with Crippen LogP contribution in [0.1, 0.15) is 38.3 Å². The molecule has 2 aliphatic rings. The van der Waals surface area contributed by atoms with Gasteiger partial charge in [-0.15, -0.1) is 0 Å². The third-order valence-corrected chi connectivity index (χ3v) is 5.29. The van der Waals surface area contributed by atoms with Crippen LogP contribution in [0.15, 0.2) is 11.2 Å². The van der Waals surface area contributed by atoms with Crippen LogP contribution in [-0.4, -0.2) is 26.2 Å². The van der Waals surface area contributed by atoms with Crippen molar-refractivity contribution in [1.82, 2.24) is 9.78 Å². The van der Waals surface area contributed by atoms with Gasteiger partial charge >= 0.3 is 0 Å². The van der Waals surface area contributed by atoms with Crippen molar-refractivity contribution in [3.63, 3.8) is 0 Å². The molecule has 5 heteroatoms. The lowest BCUT2D eigenvalue weighted by Gasteiger charge is -2.33. The summed E-state index contributed by atoms with van der Waals surface area (Å²) in [5.41, 5.74) is 2.32. The molecule has 1 saturated carbocycles. The van der Waals surface area contributed by atoms with E-state index in [1.807, 2.05) is 36.6 Å². The molecule has 0 saturated heterocycles. The minimum atomic E-state index is 0.209. The highest BCUT2D eigenvalue weighted by Crippen LogP contribution is 2.42. The Kier molecular flexibility index (Phi) is 3.33. The second-order valence-corrected chi connectivity index (χ2v) is 7.02. The number of anilines is 1. The van der Waals surface area contributed by atoms with Gasteiger partial charge in [0.2, 0.25) is 0 Å². The minimum Gasteiger partial charge on any atom is -0.332 e. The molecular formula is C14H22N4S. The number of hydrogen-bond donors (Lipinski definition) is 1. The Labute approximate surface area is 119 Å². The van der Waals surface area contributed by atoms with Crippen LogP contribution in [0.4, 0.5) is 5.69 Å². The molecule has 0 aromatic carbocycles. The summed E-state index contributed by atoms with van der Waals surface area (Å²) in [5.74, 6) is 1.96. The van der Waals surface area contributed by atoms with Crippen LogP contribution in [0.2, 0.25) is 0 Å². The molecule has 2 atom stereocenters. The Morgan fingerprint density at radius 3 is 3.05 bits per heavy atom. The molecule has 2 unspecified atom stereocenters. The highest BCUT2D eigenvalue weighted by atomic mass is 32.2. The molecule has 1 aromatic heterocycles. The van der Waals surface area contributed by atoms with E-state index in [1.54, 1.807) is 0 Å². The molecule has 19 heavy (non-hydrogen) atoms. The number of thioether (sulfide) groups is 1. The molecule has 1 aliphatic heterocycles. The first kappa shape index (κ1) is 13.0. The summed E-state index contributed by atoms with van der Waals surface area (Å²) in [4.78, 5) is 5.01. The van der Waals surface area contributed by atoms with Crippen LogP contribution in [0.25, 0.3) is 0 Å². The van der Waals surface area contributed by atoms with Gasteiger partial charge in [0.05, 0.1) is 16.9 Å². The highest BCUT2D eigenvalue weighted by molar-refractivity contribution is 8.14. The van der Waals surface area contributed by atoms with E-state index < -0.39 is 0 Å². The molecule has 1 aromatic rings. The van der Waals surface area contributed by atoms with Gasteiger partial charge in [-0.2, -0.15) is 5.10 Å². The third kappa shape index (κ3) is 2.66. The zero-order valence-electron chi connectivity index (χ0n) is 11.9. The Morgan fingerprint density at radius 2 is 2.37 bits per heavy atom. The molecule has 4 nitrogen and oxygen atoms in total. The van der Waals surface area contributed by atoms with Gasteiger partial charge in [0, 0.05) is 19.0 Å². The summed E-state index contributed by atoms with van der Waals surface area (Å²) in [5, 5.41) is 8.88. The quantitative estimate of drug-likeness (QED) is 0.858. The monoisotopic (exact) mass is 278 g/mol. The molecule has 104 valence electrons. The molecular weight excluding hydrogens is 256 g/mol. The van der Waals surface area contributed by atoms with Crippen LogP contribution < -0.4 is 5.32 Å². The number of hydrogen-bond acceptors (Lipinski definition) is 4. The van der Waals surface area contributed by atoms with Crippen LogP contribution in [0.5, 0.6) is 0 Å². The van der Waals surface area contributed by atoms with Crippen molar-refractivity contribution in [3.05, 3.63) is 11.9 Å². The third-order valence-electron chi connectivity index (χ3n) is 4.14. The summed E-state index contributed by atoms with van der Waals surface area (Å²) < 4.78 is 1.84. The van der Waals surface area contributed by atoms with Crippen molar-refractivity contribution in [2.45, 2.75) is 45.1 Å². The van der Waals surface area contributed by atoms with Crippen molar-refractivity contribution in [1.29, 1.82) is 0 Å². The van der Waals surface area contributed by atoms with Gasteiger partial charge in [0.1, 0.15) is 0 Å². The number of aliphatic imine (C=N–C) groups is 1. The van der Waals surface area contributed by atoms with E-state index in [2.05, 4.69) is 17.3 Å². The molecule has 1 N–H and O–H groups in total. The second kappa shape index (κ2) is 4.85. The standard InChI is InChI=1S/C14H22N4S/c1-10-5-4-6-14(7-10)9-19-13(16-14)15-12-8-18(3)17-11(12)2/h8,10H,4-7,9H2,1-3H3,(H,15,16). The number of aromatic nitrogens is 2. The number of rotatable bonds is 1. The predicted octanol–water partition coefficient (Wildman–Crippen LogP) is 3.19. The van der Waals surface area contributed by atoms with E-state index in [0.717, 1.165) is 28.2 Å². The van der Waals surface area contributed by atoms with E-state index in [9.17, 15) is 0 Å². The zero-order valence-corrected chi connectivity index (χ0v) is 12.8. The molecule has 1 fully saturated rings. The lowest BCUT2D eigenvalue weighted by atomic mass is 9.78. The maximum atomic E-state index is 5.01. The first-order valence-electron chi connectivity index (χ1n) is 7.06. The van der Waals surface area contributed by atoms with Crippen molar-refractivity contribution in [2.24, 2.45) is 18.0 Å². The maximum Gasteiger partial charge on any atom is 0.161 e. The number of amidine groups is 1. The minimum absolute atomic E-state index is 0.209. The average molecular weight is 278 g/mol. The SMILES string of the molecule is Cc1nn(C)cc1NC1=NC2(CCCC(C)C2)CS1. The molecule has 0 amide bonds. The Bertz CT molecular complexity index is 508. The molecule has 2 heterocycles. The van der Waals surface area contributed by atoms with Crippen LogP contribution >= 0.6 is 11.8 Å². The Hall–Kier alpha value is -0.970.